The zero-order chi connectivity index (χ0) is 6.85. The molecule has 0 aliphatic carbocycles. The number of hydrogen-bond acceptors (Lipinski definition) is 3. The molecule has 1 aromatic rings. The molecule has 0 aromatic carbocycles. The zero-order valence-corrected chi connectivity index (χ0v) is 5.47. The highest BCUT2D eigenvalue weighted by Crippen LogP contribution is 2.09. The summed E-state index contributed by atoms with van der Waals surface area (Å²) in [6, 6.07) is 0. The van der Waals surface area contributed by atoms with Crippen molar-refractivity contribution in [2.75, 3.05) is 0 Å². The summed E-state index contributed by atoms with van der Waals surface area (Å²) in [4.78, 5) is 0. The Kier molecular flexibility index (Phi) is 1.53. The van der Waals surface area contributed by atoms with Crippen molar-refractivity contribution in [3.05, 3.63) is 17.0 Å². The molecule has 3 heteroatoms. The molecular formula is C6H8NO2-. The van der Waals surface area contributed by atoms with Crippen LogP contribution in [0.3, 0.4) is 0 Å². The van der Waals surface area contributed by atoms with Crippen molar-refractivity contribution < 1.29 is 9.63 Å². The van der Waals surface area contributed by atoms with E-state index in [4.69, 9.17) is 4.52 Å². The third kappa shape index (κ3) is 0.954. The van der Waals surface area contributed by atoms with E-state index in [1.165, 1.54) is 0 Å². The third-order valence-corrected chi connectivity index (χ3v) is 1.33. The molecule has 0 spiro atoms. The minimum absolute atomic E-state index is 0.235. The molecule has 0 amide bonds. The maximum absolute atomic E-state index is 10.3. The van der Waals surface area contributed by atoms with Gasteiger partial charge in [0.15, 0.2) is 0 Å². The van der Waals surface area contributed by atoms with E-state index >= 15 is 0 Å². The van der Waals surface area contributed by atoms with Crippen molar-refractivity contribution >= 4 is 0 Å². The summed E-state index contributed by atoms with van der Waals surface area (Å²) < 4.78 is 4.74. The molecule has 1 heterocycles. The van der Waals surface area contributed by atoms with Gasteiger partial charge in [-0.15, -0.1) is 6.61 Å². The number of aryl methyl sites for hydroxylation is 2. The smallest absolute Gasteiger partial charge is 0.135 e. The van der Waals surface area contributed by atoms with Crippen LogP contribution in [-0.4, -0.2) is 5.16 Å². The molecule has 3 nitrogen and oxygen atoms in total. The second-order valence-corrected chi connectivity index (χ2v) is 1.95. The molecule has 0 aliphatic heterocycles. The average molecular weight is 126 g/mol. The van der Waals surface area contributed by atoms with Gasteiger partial charge in [0.2, 0.25) is 0 Å². The van der Waals surface area contributed by atoms with Gasteiger partial charge in [-0.05, 0) is 13.8 Å². The molecular weight excluding hydrogens is 118 g/mol. The number of rotatable bonds is 1. The zero-order valence-electron chi connectivity index (χ0n) is 5.47. The summed E-state index contributed by atoms with van der Waals surface area (Å²) >= 11 is 0. The van der Waals surface area contributed by atoms with Crippen LogP contribution < -0.4 is 5.11 Å². The van der Waals surface area contributed by atoms with E-state index in [2.05, 4.69) is 5.16 Å². The minimum atomic E-state index is -0.235. The standard InChI is InChI=1S/C6H8NO2/c1-4-6(3-8)5(2)9-7-4/h3H2,1-2H3/q-1. The molecule has 0 saturated heterocycles. The van der Waals surface area contributed by atoms with Gasteiger partial charge < -0.3 is 9.63 Å². The quantitative estimate of drug-likeness (QED) is 0.538. The summed E-state index contributed by atoms with van der Waals surface area (Å²) in [6.45, 7) is 3.28. The molecule has 1 aromatic heterocycles. The van der Waals surface area contributed by atoms with Crippen LogP contribution in [0, 0.1) is 13.8 Å². The predicted molar refractivity (Wildman–Crippen MR) is 29.7 cm³/mol. The van der Waals surface area contributed by atoms with Crippen LogP contribution in [-0.2, 0) is 6.61 Å². The maximum atomic E-state index is 10.3. The molecule has 1 rings (SSSR count). The second-order valence-electron chi connectivity index (χ2n) is 1.95. The van der Waals surface area contributed by atoms with E-state index in [1.807, 2.05) is 0 Å². The largest absolute Gasteiger partial charge is 0.851 e. The van der Waals surface area contributed by atoms with Crippen molar-refractivity contribution in [2.24, 2.45) is 0 Å². The highest BCUT2D eigenvalue weighted by Gasteiger charge is 2.01. The Morgan fingerprint density at radius 2 is 2.22 bits per heavy atom. The monoisotopic (exact) mass is 126 g/mol. The van der Waals surface area contributed by atoms with Crippen LogP contribution in [0.1, 0.15) is 17.0 Å². The van der Waals surface area contributed by atoms with Gasteiger partial charge in [0.25, 0.3) is 0 Å². The fourth-order valence-corrected chi connectivity index (χ4v) is 0.708. The van der Waals surface area contributed by atoms with E-state index < -0.39 is 0 Å². The molecule has 0 unspecified atom stereocenters. The van der Waals surface area contributed by atoms with E-state index in [0.717, 1.165) is 0 Å². The van der Waals surface area contributed by atoms with Gasteiger partial charge in [-0.25, -0.2) is 0 Å². The highest BCUT2D eigenvalue weighted by atomic mass is 16.5. The molecule has 0 atom stereocenters. The first-order chi connectivity index (χ1) is 4.25. The van der Waals surface area contributed by atoms with Crippen LogP contribution in [0.15, 0.2) is 4.52 Å². The van der Waals surface area contributed by atoms with Gasteiger partial charge in [-0.3, -0.25) is 0 Å². The van der Waals surface area contributed by atoms with E-state index in [9.17, 15) is 5.11 Å². The van der Waals surface area contributed by atoms with Gasteiger partial charge in [0, 0.05) is 5.56 Å². The molecule has 50 valence electrons. The van der Waals surface area contributed by atoms with Crippen molar-refractivity contribution in [3.63, 3.8) is 0 Å². The van der Waals surface area contributed by atoms with Crippen LogP contribution in [0.25, 0.3) is 0 Å². The summed E-state index contributed by atoms with van der Waals surface area (Å²) in [7, 11) is 0. The van der Waals surface area contributed by atoms with Crippen molar-refractivity contribution in [1.29, 1.82) is 0 Å². The Balaban J connectivity index is 3.07. The van der Waals surface area contributed by atoms with Gasteiger partial charge in [-0.1, -0.05) is 5.16 Å². The lowest BCUT2D eigenvalue weighted by Crippen LogP contribution is -2.03. The normalized spacial score (nSPS) is 10.1. The first kappa shape index (κ1) is 6.29. The van der Waals surface area contributed by atoms with Crippen molar-refractivity contribution in [2.45, 2.75) is 20.5 Å². The molecule has 0 aliphatic rings. The Labute approximate surface area is 53.3 Å². The maximum Gasteiger partial charge on any atom is 0.135 e. The van der Waals surface area contributed by atoms with E-state index in [0.29, 0.717) is 17.0 Å². The van der Waals surface area contributed by atoms with Crippen molar-refractivity contribution in [3.8, 4) is 0 Å². The Morgan fingerprint density at radius 3 is 2.44 bits per heavy atom. The summed E-state index contributed by atoms with van der Waals surface area (Å²) in [6.07, 6.45) is 0. The lowest BCUT2D eigenvalue weighted by atomic mass is 10.2. The van der Waals surface area contributed by atoms with Gasteiger partial charge in [0.05, 0.1) is 5.69 Å². The number of aromatic nitrogens is 1. The lowest BCUT2D eigenvalue weighted by molar-refractivity contribution is -0.386. The molecule has 0 N–H and O–H groups in total. The molecule has 0 bridgehead atoms. The Morgan fingerprint density at radius 1 is 1.56 bits per heavy atom. The Hall–Kier alpha value is -0.830. The van der Waals surface area contributed by atoms with Crippen LogP contribution in [0.2, 0.25) is 0 Å². The predicted octanol–water partition coefficient (Wildman–Crippen LogP) is 0.152. The third-order valence-electron chi connectivity index (χ3n) is 1.33. The van der Waals surface area contributed by atoms with Gasteiger partial charge in [-0.2, -0.15) is 0 Å². The van der Waals surface area contributed by atoms with Gasteiger partial charge in [0.1, 0.15) is 5.76 Å². The van der Waals surface area contributed by atoms with Crippen LogP contribution in [0.5, 0.6) is 0 Å². The SMILES string of the molecule is Cc1noc(C)c1C[O-]. The fourth-order valence-electron chi connectivity index (χ4n) is 0.708. The topological polar surface area (TPSA) is 49.1 Å². The molecule has 0 fully saturated rings. The first-order valence-corrected chi connectivity index (χ1v) is 2.75. The highest BCUT2D eigenvalue weighted by molar-refractivity contribution is 5.18. The molecule has 0 saturated carbocycles. The summed E-state index contributed by atoms with van der Waals surface area (Å²) in [5.41, 5.74) is 1.40. The first-order valence-electron chi connectivity index (χ1n) is 2.75. The van der Waals surface area contributed by atoms with E-state index in [-0.39, 0.29) is 6.61 Å². The van der Waals surface area contributed by atoms with Crippen LogP contribution in [0.4, 0.5) is 0 Å². The minimum Gasteiger partial charge on any atom is -0.851 e. The van der Waals surface area contributed by atoms with Gasteiger partial charge >= 0.3 is 0 Å². The molecule has 9 heavy (non-hydrogen) atoms. The Bertz CT molecular complexity index is 185. The van der Waals surface area contributed by atoms with Crippen LogP contribution >= 0.6 is 0 Å². The lowest BCUT2D eigenvalue weighted by Gasteiger charge is -1.99. The summed E-state index contributed by atoms with van der Waals surface area (Å²) in [5.74, 6) is 0.641. The van der Waals surface area contributed by atoms with Crippen molar-refractivity contribution in [1.82, 2.24) is 5.16 Å². The second kappa shape index (κ2) is 2.19. The average Bonchev–Trinajstić information content (AvgIpc) is 2.12. The fraction of sp³-hybridized carbons (Fsp3) is 0.500. The molecule has 0 radical (unpaired) electrons. The van der Waals surface area contributed by atoms with E-state index in [1.54, 1.807) is 13.8 Å². The number of hydrogen-bond donors (Lipinski definition) is 0. The summed E-state index contributed by atoms with van der Waals surface area (Å²) in [5, 5.41) is 13.9. The number of nitrogens with zero attached hydrogens (tertiary/aromatic N) is 1.